The number of sulfonamides is 1. The molecule has 33 heavy (non-hydrogen) atoms. The van der Waals surface area contributed by atoms with E-state index in [1.807, 2.05) is 35.1 Å². The molecule has 11 heteroatoms. The summed E-state index contributed by atoms with van der Waals surface area (Å²) in [6.45, 7) is 3.32. The van der Waals surface area contributed by atoms with Gasteiger partial charge in [-0.15, -0.1) is 0 Å². The van der Waals surface area contributed by atoms with Crippen LogP contribution in [0.5, 0.6) is 11.5 Å². The SMILES string of the molecule is CC(C)NC(=O)NS(=O)(=O)c1cc([N+](=O)[O-])ccc1Oc1cccc(-c2ccc(I)cc2)c1. The van der Waals surface area contributed by atoms with Gasteiger partial charge in [-0.1, -0.05) is 24.3 Å². The molecule has 0 bridgehead atoms. The van der Waals surface area contributed by atoms with E-state index in [-0.39, 0.29) is 11.8 Å². The fourth-order valence-electron chi connectivity index (χ4n) is 2.88. The van der Waals surface area contributed by atoms with Crippen LogP contribution in [0.15, 0.2) is 71.6 Å². The fourth-order valence-corrected chi connectivity index (χ4v) is 4.30. The van der Waals surface area contributed by atoms with Crippen molar-refractivity contribution >= 4 is 44.3 Å². The fraction of sp³-hybridized carbons (Fsp3) is 0.136. The molecule has 0 saturated carbocycles. The summed E-state index contributed by atoms with van der Waals surface area (Å²) in [6.07, 6.45) is 0. The average molecular weight is 581 g/mol. The van der Waals surface area contributed by atoms with Crippen molar-refractivity contribution in [2.24, 2.45) is 0 Å². The molecule has 9 nitrogen and oxygen atoms in total. The van der Waals surface area contributed by atoms with Crippen LogP contribution in [0.3, 0.4) is 0 Å². The first-order chi connectivity index (χ1) is 15.5. The van der Waals surface area contributed by atoms with E-state index in [4.69, 9.17) is 4.74 Å². The van der Waals surface area contributed by atoms with E-state index in [0.717, 1.165) is 26.8 Å². The first-order valence-corrected chi connectivity index (χ1v) is 12.3. The number of hydrogen-bond acceptors (Lipinski definition) is 6. The number of nitrogens with zero attached hydrogens (tertiary/aromatic N) is 1. The molecule has 0 saturated heterocycles. The second kappa shape index (κ2) is 10.2. The van der Waals surface area contributed by atoms with Crippen LogP contribution in [0.4, 0.5) is 10.5 Å². The Morgan fingerprint density at radius 1 is 1.03 bits per heavy atom. The lowest BCUT2D eigenvalue weighted by Crippen LogP contribution is -2.42. The van der Waals surface area contributed by atoms with E-state index in [9.17, 15) is 23.3 Å². The zero-order valence-corrected chi connectivity index (χ0v) is 20.6. The van der Waals surface area contributed by atoms with Crippen LogP contribution in [0.1, 0.15) is 13.8 Å². The normalized spacial score (nSPS) is 11.2. The lowest BCUT2D eigenvalue weighted by Gasteiger charge is -2.14. The molecule has 3 aromatic carbocycles. The summed E-state index contributed by atoms with van der Waals surface area (Å²) in [6, 6.07) is 16.7. The Morgan fingerprint density at radius 3 is 2.36 bits per heavy atom. The van der Waals surface area contributed by atoms with Gasteiger partial charge >= 0.3 is 6.03 Å². The monoisotopic (exact) mass is 581 g/mol. The Bertz CT molecular complexity index is 1290. The van der Waals surface area contributed by atoms with Crippen molar-refractivity contribution in [3.63, 3.8) is 0 Å². The molecule has 0 heterocycles. The quantitative estimate of drug-likeness (QED) is 0.228. The minimum atomic E-state index is -4.47. The Morgan fingerprint density at radius 2 is 1.73 bits per heavy atom. The number of carbonyl (C=O) groups excluding carboxylic acids is 1. The van der Waals surface area contributed by atoms with Crippen molar-refractivity contribution in [1.82, 2.24) is 10.0 Å². The molecule has 0 unspecified atom stereocenters. The lowest BCUT2D eigenvalue weighted by atomic mass is 10.1. The standard InChI is InChI=1S/C22H20IN3O6S/c1-14(2)24-22(27)25-33(30,31)21-13-18(26(28)29)10-11-20(21)32-19-5-3-4-16(12-19)15-6-8-17(23)9-7-15/h3-14H,1-2H3,(H2,24,25,27). The Labute approximate surface area is 204 Å². The van der Waals surface area contributed by atoms with E-state index in [0.29, 0.717) is 5.75 Å². The predicted octanol–water partition coefficient (Wildman–Crippen LogP) is 5.06. The van der Waals surface area contributed by atoms with Gasteiger partial charge in [0.05, 0.1) is 4.92 Å². The van der Waals surface area contributed by atoms with Crippen LogP contribution >= 0.6 is 22.6 Å². The smallest absolute Gasteiger partial charge is 0.328 e. The number of carbonyl (C=O) groups is 1. The van der Waals surface area contributed by atoms with Gasteiger partial charge in [0.15, 0.2) is 0 Å². The van der Waals surface area contributed by atoms with Crippen molar-refractivity contribution in [3.8, 4) is 22.6 Å². The van der Waals surface area contributed by atoms with Crippen LogP contribution in [0, 0.1) is 13.7 Å². The predicted molar refractivity (Wildman–Crippen MR) is 132 cm³/mol. The van der Waals surface area contributed by atoms with E-state index < -0.39 is 31.6 Å². The molecular formula is C22H20IN3O6S. The second-order valence-corrected chi connectivity index (χ2v) is 10.2. The number of ether oxygens (including phenoxy) is 1. The van der Waals surface area contributed by atoms with Gasteiger partial charge in [-0.25, -0.2) is 17.9 Å². The first-order valence-electron chi connectivity index (χ1n) is 9.71. The molecule has 2 amide bonds. The van der Waals surface area contributed by atoms with Gasteiger partial charge < -0.3 is 10.1 Å². The first kappa shape index (κ1) is 24.5. The van der Waals surface area contributed by atoms with Gasteiger partial charge in [0.25, 0.3) is 15.7 Å². The number of non-ortho nitro benzene ring substituents is 1. The number of rotatable bonds is 7. The summed E-state index contributed by atoms with van der Waals surface area (Å²) in [4.78, 5) is 21.9. The highest BCUT2D eigenvalue weighted by Gasteiger charge is 2.26. The topological polar surface area (TPSA) is 128 Å². The molecule has 0 fully saturated rings. The van der Waals surface area contributed by atoms with Crippen molar-refractivity contribution < 1.29 is 22.9 Å². The second-order valence-electron chi connectivity index (χ2n) is 7.26. The number of hydrogen-bond donors (Lipinski definition) is 2. The maximum absolute atomic E-state index is 12.9. The average Bonchev–Trinajstić information content (AvgIpc) is 2.73. The number of nitro groups is 1. The number of amides is 2. The molecular weight excluding hydrogens is 561 g/mol. The Kier molecular flexibility index (Phi) is 7.53. The van der Waals surface area contributed by atoms with Gasteiger partial charge in [0.2, 0.25) is 0 Å². The third-order valence-corrected chi connectivity index (χ3v) is 6.39. The van der Waals surface area contributed by atoms with Crippen LogP contribution in [0.2, 0.25) is 0 Å². The number of nitro benzene ring substituents is 1. The maximum atomic E-state index is 12.9. The molecule has 0 aliphatic rings. The summed E-state index contributed by atoms with van der Waals surface area (Å²) in [5.74, 6) is 0.160. The molecule has 0 radical (unpaired) electrons. The van der Waals surface area contributed by atoms with Gasteiger partial charge in [-0.05, 0) is 77.9 Å². The maximum Gasteiger partial charge on any atom is 0.328 e. The van der Waals surface area contributed by atoms with Crippen molar-refractivity contribution in [2.45, 2.75) is 24.8 Å². The molecule has 0 aromatic heterocycles. The van der Waals surface area contributed by atoms with Gasteiger partial charge in [-0.2, -0.15) is 0 Å². The number of benzene rings is 3. The molecule has 2 N–H and O–H groups in total. The molecule has 3 aromatic rings. The Hall–Kier alpha value is -3.19. The lowest BCUT2D eigenvalue weighted by molar-refractivity contribution is -0.385. The highest BCUT2D eigenvalue weighted by atomic mass is 127. The van der Waals surface area contributed by atoms with Crippen molar-refractivity contribution in [3.05, 3.63) is 80.4 Å². The highest BCUT2D eigenvalue weighted by molar-refractivity contribution is 14.1. The van der Waals surface area contributed by atoms with E-state index in [2.05, 4.69) is 27.9 Å². The third kappa shape index (κ3) is 6.42. The molecule has 0 aliphatic heterocycles. The molecule has 0 atom stereocenters. The zero-order chi connectivity index (χ0) is 24.2. The van der Waals surface area contributed by atoms with Crippen molar-refractivity contribution in [2.75, 3.05) is 0 Å². The van der Waals surface area contributed by atoms with E-state index >= 15 is 0 Å². The Balaban J connectivity index is 1.98. The van der Waals surface area contributed by atoms with E-state index in [1.54, 1.807) is 32.0 Å². The van der Waals surface area contributed by atoms with Crippen LogP contribution in [-0.2, 0) is 10.0 Å². The summed E-state index contributed by atoms with van der Waals surface area (Å²) in [7, 11) is -4.47. The summed E-state index contributed by atoms with van der Waals surface area (Å²) < 4.78 is 34.5. The highest BCUT2D eigenvalue weighted by Crippen LogP contribution is 2.33. The minimum absolute atomic E-state index is 0.162. The summed E-state index contributed by atoms with van der Waals surface area (Å²) in [5.41, 5.74) is 1.31. The molecule has 0 spiro atoms. The summed E-state index contributed by atoms with van der Waals surface area (Å²) in [5, 5.41) is 13.6. The van der Waals surface area contributed by atoms with Crippen LogP contribution in [-0.4, -0.2) is 25.4 Å². The van der Waals surface area contributed by atoms with E-state index in [1.165, 1.54) is 6.07 Å². The number of urea groups is 1. The largest absolute Gasteiger partial charge is 0.456 e. The molecule has 172 valence electrons. The number of halogens is 1. The van der Waals surface area contributed by atoms with Gasteiger partial charge in [0, 0.05) is 21.7 Å². The number of nitrogens with one attached hydrogen (secondary N) is 2. The molecule has 0 aliphatic carbocycles. The van der Waals surface area contributed by atoms with Gasteiger partial charge in [-0.3, -0.25) is 10.1 Å². The van der Waals surface area contributed by atoms with Crippen molar-refractivity contribution in [1.29, 1.82) is 0 Å². The summed E-state index contributed by atoms with van der Waals surface area (Å²) >= 11 is 2.21. The third-order valence-electron chi connectivity index (χ3n) is 4.31. The van der Waals surface area contributed by atoms with Crippen LogP contribution < -0.4 is 14.8 Å². The van der Waals surface area contributed by atoms with Gasteiger partial charge in [0.1, 0.15) is 16.4 Å². The van der Waals surface area contributed by atoms with Crippen LogP contribution in [0.25, 0.3) is 11.1 Å². The zero-order valence-electron chi connectivity index (χ0n) is 17.6. The minimum Gasteiger partial charge on any atom is -0.456 e. The molecule has 3 rings (SSSR count).